The van der Waals surface area contributed by atoms with Crippen LogP contribution in [0.1, 0.15) is 0 Å². The molecule has 0 N–H and O–H groups in total. The minimum atomic E-state index is -0.0909. The number of anilines is 1. The molecule has 0 amide bonds. The van der Waals surface area contributed by atoms with Gasteiger partial charge in [-0.2, -0.15) is 0 Å². The third-order valence-electron chi connectivity index (χ3n) is 1.76. The second kappa shape index (κ2) is 3.89. The number of hydrogen-bond donors (Lipinski definition) is 0. The lowest BCUT2D eigenvalue weighted by molar-refractivity contribution is 0.820. The minimum absolute atomic E-state index is 0.0909. The molecule has 70 valence electrons. The zero-order valence-corrected chi connectivity index (χ0v) is 7.90. The van der Waals surface area contributed by atoms with E-state index in [1.165, 1.54) is 4.57 Å². The van der Waals surface area contributed by atoms with Crippen molar-refractivity contribution in [3.8, 4) is 0 Å². The SMILES string of the molecule is C=CCN(C)c1nccn(C)c1=O. The van der Waals surface area contributed by atoms with Crippen LogP contribution in [0.5, 0.6) is 0 Å². The number of rotatable bonds is 3. The third-order valence-corrected chi connectivity index (χ3v) is 1.76. The van der Waals surface area contributed by atoms with Crippen molar-refractivity contribution >= 4 is 5.82 Å². The van der Waals surface area contributed by atoms with Gasteiger partial charge in [-0.25, -0.2) is 4.98 Å². The van der Waals surface area contributed by atoms with Gasteiger partial charge in [-0.3, -0.25) is 4.79 Å². The number of likely N-dealkylation sites (N-methyl/N-ethyl adjacent to an activating group) is 1. The zero-order chi connectivity index (χ0) is 9.84. The molecule has 0 bridgehead atoms. The zero-order valence-electron chi connectivity index (χ0n) is 7.90. The fourth-order valence-corrected chi connectivity index (χ4v) is 1.03. The summed E-state index contributed by atoms with van der Waals surface area (Å²) in [4.78, 5) is 17.3. The van der Waals surface area contributed by atoms with Gasteiger partial charge in [-0.15, -0.1) is 6.58 Å². The van der Waals surface area contributed by atoms with Crippen LogP contribution in [0.15, 0.2) is 29.8 Å². The first-order chi connectivity index (χ1) is 6.16. The molecule has 0 fully saturated rings. The first-order valence-electron chi connectivity index (χ1n) is 4.00. The first kappa shape index (κ1) is 9.51. The molecular formula is C9H13N3O. The molecule has 0 saturated heterocycles. The normalized spacial score (nSPS) is 9.69. The van der Waals surface area contributed by atoms with Gasteiger partial charge in [0, 0.05) is 33.0 Å². The molecule has 13 heavy (non-hydrogen) atoms. The second-order valence-corrected chi connectivity index (χ2v) is 2.84. The van der Waals surface area contributed by atoms with Crippen LogP contribution >= 0.6 is 0 Å². The third kappa shape index (κ3) is 1.96. The van der Waals surface area contributed by atoms with Crippen LogP contribution in [0.4, 0.5) is 5.82 Å². The van der Waals surface area contributed by atoms with E-state index >= 15 is 0 Å². The summed E-state index contributed by atoms with van der Waals surface area (Å²) in [7, 11) is 3.51. The Kier molecular flexibility index (Phi) is 2.84. The summed E-state index contributed by atoms with van der Waals surface area (Å²) in [6, 6.07) is 0. The molecular weight excluding hydrogens is 166 g/mol. The van der Waals surface area contributed by atoms with E-state index in [1.807, 2.05) is 7.05 Å². The van der Waals surface area contributed by atoms with E-state index < -0.39 is 0 Å². The average molecular weight is 179 g/mol. The molecule has 0 spiro atoms. The van der Waals surface area contributed by atoms with Crippen molar-refractivity contribution in [3.63, 3.8) is 0 Å². The molecule has 0 unspecified atom stereocenters. The Hall–Kier alpha value is -1.58. The number of aryl methyl sites for hydroxylation is 1. The number of hydrogen-bond acceptors (Lipinski definition) is 3. The molecule has 1 aromatic heterocycles. The van der Waals surface area contributed by atoms with Crippen molar-refractivity contribution in [2.75, 3.05) is 18.5 Å². The van der Waals surface area contributed by atoms with Gasteiger partial charge < -0.3 is 9.47 Å². The van der Waals surface area contributed by atoms with Crippen molar-refractivity contribution in [2.24, 2.45) is 7.05 Å². The van der Waals surface area contributed by atoms with Gasteiger partial charge in [0.25, 0.3) is 5.56 Å². The summed E-state index contributed by atoms with van der Waals surface area (Å²) < 4.78 is 1.50. The van der Waals surface area contributed by atoms with Crippen molar-refractivity contribution in [1.29, 1.82) is 0 Å². The largest absolute Gasteiger partial charge is 0.351 e. The van der Waals surface area contributed by atoms with Crippen molar-refractivity contribution in [3.05, 3.63) is 35.4 Å². The van der Waals surface area contributed by atoms with E-state index in [-0.39, 0.29) is 5.56 Å². The van der Waals surface area contributed by atoms with Crippen LogP contribution in [0, 0.1) is 0 Å². The maximum absolute atomic E-state index is 11.5. The Labute approximate surface area is 77.1 Å². The lowest BCUT2D eigenvalue weighted by atomic mass is 10.5. The summed E-state index contributed by atoms with van der Waals surface area (Å²) in [6.45, 7) is 4.22. The van der Waals surface area contributed by atoms with Crippen LogP contribution in [0.25, 0.3) is 0 Å². The molecule has 1 aromatic rings. The predicted molar refractivity (Wildman–Crippen MR) is 52.9 cm³/mol. The molecule has 0 atom stereocenters. The standard InChI is InChI=1S/C9H13N3O/c1-4-6-11(2)8-9(13)12(3)7-5-10-8/h4-5,7H,1,6H2,2-3H3. The molecule has 0 radical (unpaired) electrons. The summed E-state index contributed by atoms with van der Waals surface area (Å²) in [5.74, 6) is 0.449. The summed E-state index contributed by atoms with van der Waals surface area (Å²) in [6.07, 6.45) is 4.97. The van der Waals surface area contributed by atoms with Gasteiger partial charge in [0.15, 0.2) is 5.82 Å². The van der Waals surface area contributed by atoms with E-state index in [0.29, 0.717) is 12.4 Å². The van der Waals surface area contributed by atoms with E-state index in [9.17, 15) is 4.79 Å². The number of aromatic nitrogens is 2. The fraction of sp³-hybridized carbons (Fsp3) is 0.333. The molecule has 0 aromatic carbocycles. The smallest absolute Gasteiger partial charge is 0.293 e. The van der Waals surface area contributed by atoms with Crippen molar-refractivity contribution < 1.29 is 0 Å². The average Bonchev–Trinajstić information content (AvgIpc) is 2.10. The van der Waals surface area contributed by atoms with Crippen LogP contribution in [0.3, 0.4) is 0 Å². The lowest BCUT2D eigenvalue weighted by Gasteiger charge is -2.14. The monoisotopic (exact) mass is 179 g/mol. The summed E-state index contributed by atoms with van der Waals surface area (Å²) in [5, 5.41) is 0. The Morgan fingerprint density at radius 3 is 3.08 bits per heavy atom. The Morgan fingerprint density at radius 2 is 2.46 bits per heavy atom. The molecule has 1 rings (SSSR count). The van der Waals surface area contributed by atoms with Crippen molar-refractivity contribution in [1.82, 2.24) is 9.55 Å². The minimum Gasteiger partial charge on any atom is -0.351 e. The van der Waals surface area contributed by atoms with Gasteiger partial charge in [-0.1, -0.05) is 6.08 Å². The molecule has 0 aliphatic carbocycles. The van der Waals surface area contributed by atoms with Crippen LogP contribution in [0.2, 0.25) is 0 Å². The second-order valence-electron chi connectivity index (χ2n) is 2.84. The Balaban J connectivity index is 3.07. The van der Waals surface area contributed by atoms with Crippen molar-refractivity contribution in [2.45, 2.75) is 0 Å². The Bertz CT molecular complexity index is 356. The van der Waals surface area contributed by atoms with Crippen LogP contribution < -0.4 is 10.5 Å². The molecule has 4 heteroatoms. The van der Waals surface area contributed by atoms with Crippen LogP contribution in [-0.2, 0) is 7.05 Å². The molecule has 4 nitrogen and oxygen atoms in total. The topological polar surface area (TPSA) is 38.1 Å². The quantitative estimate of drug-likeness (QED) is 0.630. The van der Waals surface area contributed by atoms with Gasteiger partial charge in [0.1, 0.15) is 0 Å². The fourth-order valence-electron chi connectivity index (χ4n) is 1.03. The highest BCUT2D eigenvalue weighted by atomic mass is 16.1. The highest BCUT2D eigenvalue weighted by Crippen LogP contribution is 1.98. The van der Waals surface area contributed by atoms with Gasteiger partial charge in [0.2, 0.25) is 0 Å². The summed E-state index contributed by atoms with van der Waals surface area (Å²) >= 11 is 0. The van der Waals surface area contributed by atoms with Gasteiger partial charge >= 0.3 is 0 Å². The molecule has 0 aliphatic heterocycles. The van der Waals surface area contributed by atoms with Gasteiger partial charge in [-0.05, 0) is 0 Å². The van der Waals surface area contributed by atoms with Gasteiger partial charge in [0.05, 0.1) is 0 Å². The highest BCUT2D eigenvalue weighted by molar-refractivity contribution is 5.34. The maximum atomic E-state index is 11.5. The maximum Gasteiger partial charge on any atom is 0.293 e. The van der Waals surface area contributed by atoms with E-state index in [0.717, 1.165) is 0 Å². The molecule has 0 aliphatic rings. The number of nitrogens with zero attached hydrogens (tertiary/aromatic N) is 3. The lowest BCUT2D eigenvalue weighted by Crippen LogP contribution is -2.29. The van der Waals surface area contributed by atoms with E-state index in [2.05, 4.69) is 11.6 Å². The van der Waals surface area contributed by atoms with E-state index in [4.69, 9.17) is 0 Å². The highest BCUT2D eigenvalue weighted by Gasteiger charge is 2.05. The molecule has 0 saturated carbocycles. The Morgan fingerprint density at radius 1 is 1.77 bits per heavy atom. The predicted octanol–water partition coefficient (Wildman–Crippen LogP) is 0.402. The summed E-state index contributed by atoms with van der Waals surface area (Å²) in [5.41, 5.74) is -0.0909. The van der Waals surface area contributed by atoms with Crippen LogP contribution in [-0.4, -0.2) is 23.1 Å². The van der Waals surface area contributed by atoms with E-state index in [1.54, 1.807) is 30.4 Å². The molecule has 1 heterocycles. The first-order valence-corrected chi connectivity index (χ1v) is 4.00.